The number of amides is 1. The van der Waals surface area contributed by atoms with Crippen molar-refractivity contribution in [2.24, 2.45) is 0 Å². The van der Waals surface area contributed by atoms with Crippen LogP contribution in [0, 0.1) is 0 Å². The average molecular weight is 299 g/mol. The number of hydrogen-bond acceptors (Lipinski definition) is 2. The SMILES string of the molecule is CCCCC1(Cc2cccs2)c2ccccc2C(=O)N1C. The smallest absolute Gasteiger partial charge is 0.254 e. The third-order valence-electron chi connectivity index (χ3n) is 4.60. The van der Waals surface area contributed by atoms with Crippen LogP contribution in [0.4, 0.5) is 0 Å². The highest BCUT2D eigenvalue weighted by Crippen LogP contribution is 2.44. The van der Waals surface area contributed by atoms with Gasteiger partial charge in [0.05, 0.1) is 5.54 Å². The molecule has 21 heavy (non-hydrogen) atoms. The molecule has 0 N–H and O–H groups in total. The maximum absolute atomic E-state index is 12.6. The Balaban J connectivity index is 2.08. The van der Waals surface area contributed by atoms with Crippen LogP contribution < -0.4 is 0 Å². The molecule has 0 spiro atoms. The Morgan fingerprint density at radius 2 is 2.00 bits per heavy atom. The van der Waals surface area contributed by atoms with Gasteiger partial charge in [0.1, 0.15) is 0 Å². The maximum Gasteiger partial charge on any atom is 0.254 e. The van der Waals surface area contributed by atoms with Gasteiger partial charge in [-0.25, -0.2) is 0 Å². The summed E-state index contributed by atoms with van der Waals surface area (Å²) in [4.78, 5) is 16.0. The number of likely N-dealkylation sites (N-methyl/N-ethyl adjacent to an activating group) is 1. The van der Waals surface area contributed by atoms with Gasteiger partial charge in [-0.15, -0.1) is 11.3 Å². The maximum atomic E-state index is 12.6. The molecule has 2 aromatic rings. The van der Waals surface area contributed by atoms with Crippen LogP contribution in [-0.4, -0.2) is 17.9 Å². The van der Waals surface area contributed by atoms with E-state index in [0.29, 0.717) is 0 Å². The minimum Gasteiger partial charge on any atom is -0.332 e. The summed E-state index contributed by atoms with van der Waals surface area (Å²) in [6, 6.07) is 12.4. The summed E-state index contributed by atoms with van der Waals surface area (Å²) in [6.45, 7) is 2.21. The van der Waals surface area contributed by atoms with Crippen LogP contribution in [-0.2, 0) is 12.0 Å². The van der Waals surface area contributed by atoms with Gasteiger partial charge in [-0.05, 0) is 29.5 Å². The molecule has 0 saturated heterocycles. The van der Waals surface area contributed by atoms with Crippen LogP contribution in [0.25, 0.3) is 0 Å². The quantitative estimate of drug-likeness (QED) is 0.798. The Labute approximate surface area is 130 Å². The third-order valence-corrected chi connectivity index (χ3v) is 5.47. The number of benzene rings is 1. The average Bonchev–Trinajstić information content (AvgIpc) is 3.08. The topological polar surface area (TPSA) is 20.3 Å². The van der Waals surface area contributed by atoms with Crippen LogP contribution in [0.5, 0.6) is 0 Å². The van der Waals surface area contributed by atoms with E-state index in [9.17, 15) is 4.79 Å². The standard InChI is InChI=1S/C18H21NOS/c1-3-4-11-18(13-14-8-7-12-21-14)16-10-6-5-9-15(16)17(20)19(18)2/h5-10,12H,3-4,11,13H2,1-2H3. The van der Waals surface area contributed by atoms with E-state index >= 15 is 0 Å². The molecule has 1 aliphatic rings. The Hall–Kier alpha value is -1.61. The molecule has 2 nitrogen and oxygen atoms in total. The van der Waals surface area contributed by atoms with E-state index in [2.05, 4.69) is 36.6 Å². The van der Waals surface area contributed by atoms with Crippen molar-refractivity contribution in [3.05, 3.63) is 57.8 Å². The molecule has 1 atom stereocenters. The summed E-state index contributed by atoms with van der Waals surface area (Å²) in [5.74, 6) is 0.165. The number of nitrogens with zero attached hydrogens (tertiary/aromatic N) is 1. The van der Waals surface area contributed by atoms with Gasteiger partial charge in [0.25, 0.3) is 5.91 Å². The van der Waals surface area contributed by atoms with E-state index in [4.69, 9.17) is 0 Å². The fourth-order valence-corrected chi connectivity index (χ4v) is 4.22. The fraction of sp³-hybridized carbons (Fsp3) is 0.389. The number of hydrogen-bond donors (Lipinski definition) is 0. The Kier molecular flexibility index (Phi) is 3.85. The predicted octanol–water partition coefficient (Wildman–Crippen LogP) is 4.46. The van der Waals surface area contributed by atoms with Gasteiger partial charge >= 0.3 is 0 Å². The number of rotatable bonds is 5. The molecule has 0 fully saturated rings. The summed E-state index contributed by atoms with van der Waals surface area (Å²) in [5, 5.41) is 2.12. The first kappa shape index (κ1) is 14.3. The number of thiophene rings is 1. The predicted molar refractivity (Wildman–Crippen MR) is 87.8 cm³/mol. The van der Waals surface area contributed by atoms with Crippen LogP contribution >= 0.6 is 11.3 Å². The first-order valence-electron chi connectivity index (χ1n) is 7.59. The molecule has 3 rings (SSSR count). The van der Waals surface area contributed by atoms with Crippen molar-refractivity contribution in [1.29, 1.82) is 0 Å². The highest BCUT2D eigenvalue weighted by Gasteiger charge is 2.46. The summed E-state index contributed by atoms with van der Waals surface area (Å²) < 4.78 is 0. The highest BCUT2D eigenvalue weighted by atomic mass is 32.1. The van der Waals surface area contributed by atoms with Crippen molar-refractivity contribution in [3.8, 4) is 0 Å². The zero-order valence-corrected chi connectivity index (χ0v) is 13.5. The number of unbranched alkanes of at least 4 members (excludes halogenated alkanes) is 1. The monoisotopic (exact) mass is 299 g/mol. The highest BCUT2D eigenvalue weighted by molar-refractivity contribution is 7.09. The van der Waals surface area contributed by atoms with Gasteiger partial charge in [-0.1, -0.05) is 44.0 Å². The third kappa shape index (κ3) is 2.30. The molecular weight excluding hydrogens is 278 g/mol. The molecule has 1 aromatic carbocycles. The molecule has 3 heteroatoms. The molecule has 2 heterocycles. The van der Waals surface area contributed by atoms with Crippen LogP contribution in [0.15, 0.2) is 41.8 Å². The molecule has 0 aliphatic carbocycles. The molecule has 1 aromatic heterocycles. The van der Waals surface area contributed by atoms with Gasteiger partial charge in [-0.3, -0.25) is 4.79 Å². The molecule has 110 valence electrons. The normalized spacial score (nSPS) is 20.9. The largest absolute Gasteiger partial charge is 0.332 e. The zero-order chi connectivity index (χ0) is 14.9. The molecule has 0 saturated carbocycles. The van der Waals surface area contributed by atoms with Crippen molar-refractivity contribution in [2.75, 3.05) is 7.05 Å². The van der Waals surface area contributed by atoms with Gasteiger partial charge in [-0.2, -0.15) is 0 Å². The summed E-state index contributed by atoms with van der Waals surface area (Å²) in [7, 11) is 1.96. The lowest BCUT2D eigenvalue weighted by Gasteiger charge is -2.37. The van der Waals surface area contributed by atoms with Crippen molar-refractivity contribution < 1.29 is 4.79 Å². The summed E-state index contributed by atoms with van der Waals surface area (Å²) in [6.07, 6.45) is 4.23. The van der Waals surface area contributed by atoms with E-state index in [1.165, 1.54) is 10.4 Å². The molecule has 1 amide bonds. The molecule has 1 unspecified atom stereocenters. The molecule has 0 radical (unpaired) electrons. The van der Waals surface area contributed by atoms with Gasteiger partial charge in [0.2, 0.25) is 0 Å². The van der Waals surface area contributed by atoms with Gasteiger partial charge in [0, 0.05) is 23.9 Å². The van der Waals surface area contributed by atoms with Crippen LogP contribution in [0.1, 0.15) is 47.0 Å². The van der Waals surface area contributed by atoms with Gasteiger partial charge in [0.15, 0.2) is 0 Å². The summed E-state index contributed by atoms with van der Waals surface area (Å²) in [5.41, 5.74) is 1.92. The van der Waals surface area contributed by atoms with Crippen molar-refractivity contribution in [3.63, 3.8) is 0 Å². The molecule has 1 aliphatic heterocycles. The lowest BCUT2D eigenvalue weighted by molar-refractivity contribution is 0.0605. The Morgan fingerprint density at radius 3 is 2.71 bits per heavy atom. The van der Waals surface area contributed by atoms with Crippen molar-refractivity contribution in [2.45, 2.75) is 38.1 Å². The van der Waals surface area contributed by atoms with E-state index in [0.717, 1.165) is 31.2 Å². The van der Waals surface area contributed by atoms with Crippen molar-refractivity contribution >= 4 is 17.2 Å². The summed E-state index contributed by atoms with van der Waals surface area (Å²) >= 11 is 1.78. The lowest BCUT2D eigenvalue weighted by Crippen LogP contribution is -2.42. The van der Waals surface area contributed by atoms with E-state index < -0.39 is 0 Å². The fourth-order valence-electron chi connectivity index (χ4n) is 3.41. The minimum absolute atomic E-state index is 0.165. The Morgan fingerprint density at radius 1 is 1.19 bits per heavy atom. The number of fused-ring (bicyclic) bond motifs is 1. The second-order valence-electron chi connectivity index (χ2n) is 5.80. The number of carbonyl (C=O) groups excluding carboxylic acids is 1. The van der Waals surface area contributed by atoms with Crippen molar-refractivity contribution in [1.82, 2.24) is 4.90 Å². The number of carbonyl (C=O) groups is 1. The first-order chi connectivity index (χ1) is 10.2. The van der Waals surface area contributed by atoms with E-state index in [1.54, 1.807) is 11.3 Å². The zero-order valence-electron chi connectivity index (χ0n) is 12.6. The first-order valence-corrected chi connectivity index (χ1v) is 8.47. The van der Waals surface area contributed by atoms with Gasteiger partial charge < -0.3 is 4.90 Å². The van der Waals surface area contributed by atoms with Crippen LogP contribution in [0.2, 0.25) is 0 Å². The van der Waals surface area contributed by atoms with E-state index in [-0.39, 0.29) is 11.4 Å². The van der Waals surface area contributed by atoms with E-state index in [1.807, 2.05) is 24.1 Å². The van der Waals surface area contributed by atoms with Crippen LogP contribution in [0.3, 0.4) is 0 Å². The molecule has 0 bridgehead atoms. The second-order valence-corrected chi connectivity index (χ2v) is 6.83. The lowest BCUT2D eigenvalue weighted by atomic mass is 9.81. The second kappa shape index (κ2) is 5.64. The molecular formula is C18H21NOS. The minimum atomic E-state index is -0.172. The Bertz CT molecular complexity index is 634.